The minimum Gasteiger partial charge on any atom is -0.496 e. The quantitative estimate of drug-likeness (QED) is 0.0567. The molecule has 6 heteroatoms. The first-order valence-corrected chi connectivity index (χ1v) is 17.0. The molecule has 0 heterocycles. The third kappa shape index (κ3) is 9.50. The van der Waals surface area contributed by atoms with Crippen molar-refractivity contribution in [1.29, 1.82) is 0 Å². The highest BCUT2D eigenvalue weighted by Gasteiger charge is 2.36. The van der Waals surface area contributed by atoms with E-state index < -0.39 is 11.4 Å². The van der Waals surface area contributed by atoms with Crippen molar-refractivity contribution in [2.75, 3.05) is 26.9 Å². The van der Waals surface area contributed by atoms with E-state index in [4.69, 9.17) is 18.9 Å². The summed E-state index contributed by atoms with van der Waals surface area (Å²) >= 11 is 0. The fourth-order valence-electron chi connectivity index (χ4n) is 5.89. The molecule has 6 nitrogen and oxygen atoms in total. The number of para-hydroxylation sites is 1. The molecule has 0 bridgehead atoms. The third-order valence-electron chi connectivity index (χ3n) is 8.92. The summed E-state index contributed by atoms with van der Waals surface area (Å²) in [6, 6.07) is 30.5. The smallest absolute Gasteiger partial charge is 0.338 e. The maximum absolute atomic E-state index is 13.7. The van der Waals surface area contributed by atoms with E-state index in [1.165, 1.54) is 0 Å². The molecule has 4 rings (SSSR count). The first kappa shape index (κ1) is 36.7. The number of benzene rings is 4. The van der Waals surface area contributed by atoms with Crippen molar-refractivity contribution >= 4 is 23.3 Å². The van der Waals surface area contributed by atoms with Crippen LogP contribution in [0.5, 0.6) is 5.75 Å². The van der Waals surface area contributed by atoms with Crippen molar-refractivity contribution in [1.82, 2.24) is 0 Å². The van der Waals surface area contributed by atoms with Gasteiger partial charge in [0.05, 0.1) is 23.7 Å². The third-order valence-corrected chi connectivity index (χ3v) is 8.92. The number of carbonyl (C=O) groups is 2. The van der Waals surface area contributed by atoms with Crippen LogP contribution < -0.4 is 4.74 Å². The lowest BCUT2D eigenvalue weighted by Crippen LogP contribution is -2.38. The summed E-state index contributed by atoms with van der Waals surface area (Å²) in [6.45, 7) is 14.8. The molecule has 0 aliphatic carbocycles. The highest BCUT2D eigenvalue weighted by molar-refractivity contribution is 5.98. The van der Waals surface area contributed by atoms with Gasteiger partial charge in [-0.3, -0.25) is 4.79 Å². The molecule has 0 N–H and O–H groups in total. The summed E-state index contributed by atoms with van der Waals surface area (Å²) in [5, 5.41) is 0. The van der Waals surface area contributed by atoms with Crippen molar-refractivity contribution in [3.8, 4) is 5.75 Å². The molecule has 0 radical (unpaired) electrons. The molecule has 0 amide bonds. The summed E-state index contributed by atoms with van der Waals surface area (Å²) in [7, 11) is 1.55. The minimum atomic E-state index is -0.956. The highest BCUT2D eigenvalue weighted by atomic mass is 16.5. The predicted molar refractivity (Wildman–Crippen MR) is 197 cm³/mol. The van der Waals surface area contributed by atoms with Gasteiger partial charge < -0.3 is 18.9 Å². The Balaban J connectivity index is 1.69. The van der Waals surface area contributed by atoms with Gasteiger partial charge in [-0.1, -0.05) is 113 Å². The maximum Gasteiger partial charge on any atom is 0.338 e. The molecule has 0 aliphatic rings. The van der Waals surface area contributed by atoms with Gasteiger partial charge >= 0.3 is 5.97 Å². The molecule has 0 saturated heterocycles. The maximum atomic E-state index is 13.7. The summed E-state index contributed by atoms with van der Waals surface area (Å²) < 4.78 is 24.5. The standard InChI is InChI=1S/C43H48O6/c1-7-33-18-10-13-21-36(33)31(4)47-28-43(27-26-40(44)39-24-16-17-25-41(39)46-6,29-48-32(5)37-22-14-11-19-34(37)8-2)30-49-42(45)38-23-15-12-20-35(38)9-3/h10-25H,4-5,7-9,26-30H2,1-3,6H3. The largest absolute Gasteiger partial charge is 0.496 e. The molecule has 0 aliphatic heterocycles. The van der Waals surface area contributed by atoms with Gasteiger partial charge in [0.25, 0.3) is 0 Å². The van der Waals surface area contributed by atoms with Gasteiger partial charge in [-0.25, -0.2) is 4.79 Å². The van der Waals surface area contributed by atoms with Crippen LogP contribution in [0.2, 0.25) is 0 Å². The Morgan fingerprint density at radius 3 is 1.47 bits per heavy atom. The van der Waals surface area contributed by atoms with Crippen molar-refractivity contribution in [3.63, 3.8) is 0 Å². The second-order valence-electron chi connectivity index (χ2n) is 12.2. The van der Waals surface area contributed by atoms with Crippen LogP contribution in [0.1, 0.15) is 82.1 Å². The Morgan fingerprint density at radius 2 is 0.980 bits per heavy atom. The van der Waals surface area contributed by atoms with E-state index in [1.807, 2.05) is 85.8 Å². The van der Waals surface area contributed by atoms with Crippen molar-refractivity contribution in [3.05, 3.63) is 149 Å². The van der Waals surface area contributed by atoms with Crippen LogP contribution >= 0.6 is 0 Å². The van der Waals surface area contributed by atoms with Gasteiger partial charge in [0.1, 0.15) is 37.1 Å². The Bertz CT molecular complexity index is 1490. The number of hydrogen-bond acceptors (Lipinski definition) is 6. The molecule has 0 atom stereocenters. The molecule has 0 fully saturated rings. The molecule has 0 aromatic heterocycles. The molecule has 0 spiro atoms. The second kappa shape index (κ2) is 17.9. The topological polar surface area (TPSA) is 71.1 Å². The summed E-state index contributed by atoms with van der Waals surface area (Å²) in [6.07, 6.45) is 2.73. The lowest BCUT2D eigenvalue weighted by molar-refractivity contribution is -0.0199. The van der Waals surface area contributed by atoms with Crippen LogP contribution in [0.15, 0.2) is 110 Å². The Labute approximate surface area is 291 Å². The van der Waals surface area contributed by atoms with Gasteiger partial charge in [0.2, 0.25) is 0 Å². The van der Waals surface area contributed by atoms with E-state index in [0.29, 0.717) is 34.8 Å². The lowest BCUT2D eigenvalue weighted by Gasteiger charge is -2.34. The number of esters is 1. The zero-order chi connectivity index (χ0) is 35.2. The van der Waals surface area contributed by atoms with Crippen LogP contribution in [-0.2, 0) is 33.5 Å². The molecular formula is C43H48O6. The van der Waals surface area contributed by atoms with Crippen molar-refractivity contribution in [2.24, 2.45) is 5.41 Å². The van der Waals surface area contributed by atoms with Crippen molar-refractivity contribution < 1.29 is 28.5 Å². The number of carbonyl (C=O) groups excluding carboxylic acids is 2. The normalized spacial score (nSPS) is 11.0. The van der Waals surface area contributed by atoms with Crippen LogP contribution in [-0.4, -0.2) is 38.7 Å². The van der Waals surface area contributed by atoms with E-state index in [2.05, 4.69) is 27.0 Å². The first-order chi connectivity index (χ1) is 23.8. The highest BCUT2D eigenvalue weighted by Crippen LogP contribution is 2.33. The lowest BCUT2D eigenvalue weighted by atomic mass is 9.83. The zero-order valence-corrected chi connectivity index (χ0v) is 29.3. The fourth-order valence-corrected chi connectivity index (χ4v) is 5.89. The summed E-state index contributed by atoms with van der Waals surface area (Å²) in [4.78, 5) is 27.3. The Hall–Kier alpha value is -5.10. The number of hydrogen-bond donors (Lipinski definition) is 0. The van der Waals surface area contributed by atoms with Gasteiger partial charge in [-0.2, -0.15) is 0 Å². The van der Waals surface area contributed by atoms with Crippen LogP contribution in [0, 0.1) is 5.41 Å². The van der Waals surface area contributed by atoms with E-state index >= 15 is 0 Å². The van der Waals surface area contributed by atoms with E-state index in [0.717, 1.165) is 40.7 Å². The van der Waals surface area contributed by atoms with Crippen LogP contribution in [0.3, 0.4) is 0 Å². The fraction of sp³-hybridized carbons (Fsp3) is 0.302. The van der Waals surface area contributed by atoms with Crippen LogP contribution in [0.25, 0.3) is 11.5 Å². The molecule has 0 unspecified atom stereocenters. The number of ketones is 1. The predicted octanol–water partition coefficient (Wildman–Crippen LogP) is 9.56. The minimum absolute atomic E-state index is 0.0610. The monoisotopic (exact) mass is 660 g/mol. The van der Waals surface area contributed by atoms with Gasteiger partial charge in [-0.15, -0.1) is 0 Å². The molecule has 4 aromatic carbocycles. The average Bonchev–Trinajstić information content (AvgIpc) is 3.16. The Kier molecular flexibility index (Phi) is 13.4. The summed E-state index contributed by atoms with van der Waals surface area (Å²) in [5.41, 5.74) is 4.94. The number of methoxy groups -OCH3 is 1. The first-order valence-electron chi connectivity index (χ1n) is 17.0. The molecular weight excluding hydrogens is 612 g/mol. The van der Waals surface area contributed by atoms with E-state index in [9.17, 15) is 9.59 Å². The Morgan fingerprint density at radius 1 is 0.571 bits per heavy atom. The zero-order valence-electron chi connectivity index (χ0n) is 29.3. The number of Topliss-reactive ketones (excluding diaryl/α,β-unsaturated/α-hetero) is 1. The number of aryl methyl sites for hydroxylation is 3. The molecule has 256 valence electrons. The average molecular weight is 661 g/mol. The summed E-state index contributed by atoms with van der Waals surface area (Å²) in [5.74, 6) is 0.951. The number of rotatable bonds is 19. The van der Waals surface area contributed by atoms with E-state index in [-0.39, 0.29) is 38.4 Å². The van der Waals surface area contributed by atoms with Crippen molar-refractivity contribution in [2.45, 2.75) is 52.9 Å². The molecule has 49 heavy (non-hydrogen) atoms. The van der Waals surface area contributed by atoms with Crippen LogP contribution in [0.4, 0.5) is 0 Å². The SMILES string of the molecule is C=C(OCC(CCC(=O)c1ccccc1OC)(COC(=C)c1ccccc1CC)COC(=O)c1ccccc1CC)c1ccccc1CC. The second-order valence-corrected chi connectivity index (χ2v) is 12.2. The molecule has 4 aromatic rings. The van der Waals surface area contributed by atoms with Gasteiger partial charge in [-0.05, 0) is 60.6 Å². The van der Waals surface area contributed by atoms with Gasteiger partial charge in [0, 0.05) is 17.5 Å². The number of ether oxygens (including phenoxy) is 4. The van der Waals surface area contributed by atoms with Gasteiger partial charge in [0.15, 0.2) is 5.78 Å². The van der Waals surface area contributed by atoms with E-state index in [1.54, 1.807) is 25.3 Å². The molecule has 0 saturated carbocycles.